The van der Waals surface area contributed by atoms with E-state index in [9.17, 15) is 5.11 Å². The molecule has 0 atom stereocenters. The number of phenolic OH excluding ortho intramolecular Hbond substituents is 1. The first-order valence-corrected chi connectivity index (χ1v) is 7.07. The number of hydrogen-bond acceptors (Lipinski definition) is 7. The van der Waals surface area contributed by atoms with E-state index in [0.717, 1.165) is 11.4 Å². The van der Waals surface area contributed by atoms with Gasteiger partial charge >= 0.3 is 0 Å². The second kappa shape index (κ2) is 7.83. The maximum Gasteiger partial charge on any atom is 0.214 e. The number of ether oxygens (including phenoxy) is 2. The van der Waals surface area contributed by atoms with Gasteiger partial charge in [0, 0.05) is 12.9 Å². The summed E-state index contributed by atoms with van der Waals surface area (Å²) in [6.07, 6.45) is 0. The topological polar surface area (TPSA) is 82.3 Å². The lowest BCUT2D eigenvalue weighted by Crippen LogP contribution is -2.05. The van der Waals surface area contributed by atoms with Crippen LogP contribution in [0.1, 0.15) is 0 Å². The lowest BCUT2D eigenvalue weighted by Gasteiger charge is -2.05. The van der Waals surface area contributed by atoms with Gasteiger partial charge in [-0.3, -0.25) is 0 Å². The zero-order valence-corrected chi connectivity index (χ0v) is 11.9. The third-order valence-electron chi connectivity index (χ3n) is 2.43. The molecule has 0 spiro atoms. The lowest BCUT2D eigenvalue weighted by molar-refractivity contribution is 0.0790. The number of thioether (sulfide) groups is 1. The van der Waals surface area contributed by atoms with Gasteiger partial charge in [-0.15, -0.1) is 5.10 Å². The largest absolute Gasteiger partial charge is 0.508 e. The molecule has 8 heteroatoms. The van der Waals surface area contributed by atoms with Crippen LogP contribution in [0.15, 0.2) is 29.4 Å². The summed E-state index contributed by atoms with van der Waals surface area (Å²) in [6.45, 7) is 1.78. The Morgan fingerprint density at radius 1 is 1.20 bits per heavy atom. The summed E-state index contributed by atoms with van der Waals surface area (Å²) < 4.78 is 11.9. The van der Waals surface area contributed by atoms with E-state index in [4.69, 9.17) is 9.47 Å². The van der Waals surface area contributed by atoms with Crippen LogP contribution in [0, 0.1) is 0 Å². The Kier molecular flexibility index (Phi) is 5.78. The van der Waals surface area contributed by atoms with Crippen molar-refractivity contribution in [3.05, 3.63) is 24.3 Å². The molecule has 1 aromatic heterocycles. The van der Waals surface area contributed by atoms with Gasteiger partial charge < -0.3 is 14.6 Å². The highest BCUT2D eigenvalue weighted by atomic mass is 32.2. The normalized spacial score (nSPS) is 10.8. The smallest absolute Gasteiger partial charge is 0.214 e. The van der Waals surface area contributed by atoms with E-state index in [-0.39, 0.29) is 5.75 Å². The van der Waals surface area contributed by atoms with Crippen LogP contribution in [-0.2, 0) is 9.47 Å². The van der Waals surface area contributed by atoms with E-state index < -0.39 is 0 Å². The van der Waals surface area contributed by atoms with Crippen molar-refractivity contribution in [2.24, 2.45) is 0 Å². The summed E-state index contributed by atoms with van der Waals surface area (Å²) in [7, 11) is 1.64. The van der Waals surface area contributed by atoms with E-state index in [1.165, 1.54) is 11.8 Å². The Hall–Kier alpha value is -1.64. The van der Waals surface area contributed by atoms with Gasteiger partial charge in [0.1, 0.15) is 5.75 Å². The quantitative estimate of drug-likeness (QED) is 0.577. The fourth-order valence-corrected chi connectivity index (χ4v) is 2.20. The first-order valence-electron chi connectivity index (χ1n) is 6.08. The van der Waals surface area contributed by atoms with Crippen LogP contribution in [0.4, 0.5) is 0 Å². The molecule has 0 saturated carbocycles. The highest BCUT2D eigenvalue weighted by Crippen LogP contribution is 2.19. The molecule has 0 radical (unpaired) electrons. The second-order valence-electron chi connectivity index (χ2n) is 3.84. The maximum atomic E-state index is 9.27. The number of hydrogen-bond donors (Lipinski definition) is 1. The molecule has 0 aliphatic rings. The van der Waals surface area contributed by atoms with E-state index in [1.807, 2.05) is 0 Å². The van der Waals surface area contributed by atoms with E-state index >= 15 is 0 Å². The molecule has 108 valence electrons. The van der Waals surface area contributed by atoms with Gasteiger partial charge in [-0.1, -0.05) is 11.8 Å². The van der Waals surface area contributed by atoms with Crippen molar-refractivity contribution in [2.45, 2.75) is 5.16 Å². The summed E-state index contributed by atoms with van der Waals surface area (Å²) in [6, 6.07) is 6.70. The van der Waals surface area contributed by atoms with Crippen molar-refractivity contribution >= 4 is 11.8 Å². The maximum absolute atomic E-state index is 9.27. The minimum absolute atomic E-state index is 0.211. The van der Waals surface area contributed by atoms with Crippen LogP contribution < -0.4 is 0 Å². The van der Waals surface area contributed by atoms with Crippen LogP contribution >= 0.6 is 11.8 Å². The molecule has 0 aliphatic heterocycles. The van der Waals surface area contributed by atoms with Gasteiger partial charge in [-0.2, -0.15) is 4.68 Å². The number of benzene rings is 1. The van der Waals surface area contributed by atoms with Crippen molar-refractivity contribution in [2.75, 3.05) is 32.7 Å². The average Bonchev–Trinajstić information content (AvgIpc) is 2.92. The summed E-state index contributed by atoms with van der Waals surface area (Å²) in [5, 5.41) is 21.5. The van der Waals surface area contributed by atoms with Gasteiger partial charge in [0.25, 0.3) is 0 Å². The minimum atomic E-state index is 0.211. The van der Waals surface area contributed by atoms with Crippen LogP contribution in [0.2, 0.25) is 0 Å². The predicted octanol–water partition coefficient (Wildman–Crippen LogP) is 1.12. The number of methoxy groups -OCH3 is 1. The predicted molar refractivity (Wildman–Crippen MR) is 74.2 cm³/mol. The Labute approximate surface area is 120 Å². The number of aromatic nitrogens is 4. The van der Waals surface area contributed by atoms with Gasteiger partial charge in [0.05, 0.1) is 25.5 Å². The SMILES string of the molecule is COCCOCCSc1nnnn1-c1ccc(O)cc1. The van der Waals surface area contributed by atoms with Crippen molar-refractivity contribution < 1.29 is 14.6 Å². The highest BCUT2D eigenvalue weighted by molar-refractivity contribution is 7.99. The fourth-order valence-electron chi connectivity index (χ4n) is 1.46. The minimum Gasteiger partial charge on any atom is -0.508 e. The summed E-state index contributed by atoms with van der Waals surface area (Å²) >= 11 is 1.51. The van der Waals surface area contributed by atoms with Crippen molar-refractivity contribution in [3.63, 3.8) is 0 Å². The van der Waals surface area contributed by atoms with Crippen LogP contribution in [-0.4, -0.2) is 58.0 Å². The van der Waals surface area contributed by atoms with Crippen LogP contribution in [0.5, 0.6) is 5.75 Å². The molecule has 1 aromatic carbocycles. The third-order valence-corrected chi connectivity index (χ3v) is 3.31. The Bertz CT molecular complexity index is 518. The number of tetrazole rings is 1. The third kappa shape index (κ3) is 4.19. The van der Waals surface area contributed by atoms with Crippen molar-refractivity contribution in [1.29, 1.82) is 0 Å². The molecule has 0 fully saturated rings. The Balaban J connectivity index is 1.87. The Morgan fingerprint density at radius 2 is 2.00 bits per heavy atom. The van der Waals surface area contributed by atoms with Crippen molar-refractivity contribution in [1.82, 2.24) is 20.2 Å². The molecule has 0 amide bonds. The number of aromatic hydroxyl groups is 1. The highest BCUT2D eigenvalue weighted by Gasteiger charge is 2.08. The van der Waals surface area contributed by atoms with Gasteiger partial charge in [0.2, 0.25) is 5.16 Å². The summed E-state index contributed by atoms with van der Waals surface area (Å²) in [5.74, 6) is 0.963. The molecular weight excluding hydrogens is 280 g/mol. The first-order chi connectivity index (χ1) is 9.81. The molecule has 2 rings (SSSR count). The fraction of sp³-hybridized carbons (Fsp3) is 0.417. The average molecular weight is 296 g/mol. The van der Waals surface area contributed by atoms with Gasteiger partial charge in [-0.25, -0.2) is 0 Å². The number of rotatable bonds is 8. The molecule has 2 aromatic rings. The number of phenols is 1. The molecule has 1 N–H and O–H groups in total. The molecular formula is C12H16N4O3S. The molecule has 7 nitrogen and oxygen atoms in total. The molecule has 0 unspecified atom stereocenters. The zero-order chi connectivity index (χ0) is 14.2. The van der Waals surface area contributed by atoms with Gasteiger partial charge in [-0.05, 0) is 34.7 Å². The molecule has 1 heterocycles. The van der Waals surface area contributed by atoms with Crippen LogP contribution in [0.3, 0.4) is 0 Å². The molecule has 20 heavy (non-hydrogen) atoms. The standard InChI is InChI=1S/C12H16N4O3S/c1-18-6-7-19-8-9-20-12-13-14-15-16(12)10-2-4-11(17)5-3-10/h2-5,17H,6-9H2,1H3. The number of nitrogens with zero attached hydrogens (tertiary/aromatic N) is 4. The molecule has 0 bridgehead atoms. The first kappa shape index (κ1) is 14.8. The van der Waals surface area contributed by atoms with E-state index in [1.54, 1.807) is 36.1 Å². The monoisotopic (exact) mass is 296 g/mol. The van der Waals surface area contributed by atoms with Crippen molar-refractivity contribution in [3.8, 4) is 11.4 Å². The zero-order valence-electron chi connectivity index (χ0n) is 11.1. The summed E-state index contributed by atoms with van der Waals surface area (Å²) in [4.78, 5) is 0. The van der Waals surface area contributed by atoms with E-state index in [2.05, 4.69) is 15.5 Å². The Morgan fingerprint density at radius 3 is 2.75 bits per heavy atom. The second-order valence-corrected chi connectivity index (χ2v) is 4.91. The molecule has 0 saturated heterocycles. The van der Waals surface area contributed by atoms with E-state index in [0.29, 0.717) is 25.0 Å². The summed E-state index contributed by atoms with van der Waals surface area (Å²) in [5.41, 5.74) is 0.801. The van der Waals surface area contributed by atoms with Crippen LogP contribution in [0.25, 0.3) is 5.69 Å². The lowest BCUT2D eigenvalue weighted by atomic mass is 10.3. The van der Waals surface area contributed by atoms with Gasteiger partial charge in [0.15, 0.2) is 0 Å². The molecule has 0 aliphatic carbocycles.